The molecular formula is C10H21N5S. The van der Waals surface area contributed by atoms with E-state index in [0.717, 1.165) is 43.3 Å². The summed E-state index contributed by atoms with van der Waals surface area (Å²) >= 11 is 1.27. The first-order chi connectivity index (χ1) is 7.63. The van der Waals surface area contributed by atoms with E-state index in [-0.39, 0.29) is 0 Å². The van der Waals surface area contributed by atoms with Crippen LogP contribution in [0.3, 0.4) is 0 Å². The van der Waals surface area contributed by atoms with Gasteiger partial charge in [0.05, 0.1) is 0 Å². The average Bonchev–Trinajstić information content (AvgIpc) is 2.62. The molecule has 0 fully saturated rings. The molecule has 1 heterocycles. The van der Waals surface area contributed by atoms with Crippen molar-refractivity contribution in [3.63, 3.8) is 0 Å². The summed E-state index contributed by atoms with van der Waals surface area (Å²) in [5.74, 6) is 0. The fraction of sp³-hybridized carbons (Fsp3) is 0.800. The highest BCUT2D eigenvalue weighted by Gasteiger charge is 2.09. The maximum atomic E-state index is 5.78. The van der Waals surface area contributed by atoms with Crippen LogP contribution in [-0.2, 0) is 6.54 Å². The zero-order chi connectivity index (χ0) is 12.0. The van der Waals surface area contributed by atoms with Crippen LogP contribution < -0.4 is 5.73 Å². The van der Waals surface area contributed by atoms with Gasteiger partial charge in [0.1, 0.15) is 10.7 Å². The minimum atomic E-state index is 0.742. The van der Waals surface area contributed by atoms with Gasteiger partial charge in [0.2, 0.25) is 0 Å². The Hall–Kier alpha value is -0.720. The molecule has 2 N–H and O–H groups in total. The first kappa shape index (κ1) is 13.3. The van der Waals surface area contributed by atoms with Crippen molar-refractivity contribution in [1.29, 1.82) is 0 Å². The molecule has 0 aliphatic heterocycles. The van der Waals surface area contributed by atoms with Crippen LogP contribution in [0, 0.1) is 0 Å². The topological polar surface area (TPSA) is 58.3 Å². The van der Waals surface area contributed by atoms with Crippen molar-refractivity contribution in [2.45, 2.75) is 19.9 Å². The third-order valence-corrected chi connectivity index (χ3v) is 3.08. The summed E-state index contributed by atoms with van der Waals surface area (Å²) in [7, 11) is 4.19. The fourth-order valence-electron chi connectivity index (χ4n) is 1.50. The van der Waals surface area contributed by atoms with E-state index in [1.807, 2.05) is 0 Å². The van der Waals surface area contributed by atoms with Crippen molar-refractivity contribution >= 4 is 16.5 Å². The Bertz CT molecular complexity index is 299. The van der Waals surface area contributed by atoms with E-state index < -0.39 is 0 Å². The lowest BCUT2D eigenvalue weighted by molar-refractivity contribution is 0.257. The van der Waals surface area contributed by atoms with Crippen LogP contribution >= 0.6 is 11.5 Å². The van der Waals surface area contributed by atoms with E-state index in [1.165, 1.54) is 11.5 Å². The molecule has 0 spiro atoms. The van der Waals surface area contributed by atoms with E-state index in [9.17, 15) is 0 Å². The summed E-state index contributed by atoms with van der Waals surface area (Å²) in [5.41, 5.74) is 6.69. The molecular weight excluding hydrogens is 222 g/mol. The van der Waals surface area contributed by atoms with Gasteiger partial charge in [0.15, 0.2) is 0 Å². The molecule has 0 aliphatic rings. The summed E-state index contributed by atoms with van der Waals surface area (Å²) < 4.78 is 3.85. The highest BCUT2D eigenvalue weighted by Crippen LogP contribution is 2.14. The number of nitrogens with zero attached hydrogens (tertiary/aromatic N) is 4. The van der Waals surface area contributed by atoms with Crippen LogP contribution in [0.25, 0.3) is 0 Å². The standard InChI is InChI=1S/C10H21N5S/c1-4-15(7-5-6-14(2)3)8-9-10(11)16-13-12-9/h4-8,11H2,1-3H3. The van der Waals surface area contributed by atoms with Crippen LogP contribution in [0.1, 0.15) is 19.0 Å². The van der Waals surface area contributed by atoms with Crippen molar-refractivity contribution in [3.8, 4) is 0 Å². The minimum Gasteiger partial charge on any atom is -0.388 e. The quantitative estimate of drug-likeness (QED) is 0.771. The van der Waals surface area contributed by atoms with Crippen LogP contribution in [0.15, 0.2) is 0 Å². The Morgan fingerprint density at radius 1 is 1.31 bits per heavy atom. The number of aromatic nitrogens is 2. The molecule has 0 amide bonds. The fourth-order valence-corrected chi connectivity index (χ4v) is 1.93. The predicted molar refractivity (Wildman–Crippen MR) is 68.4 cm³/mol. The van der Waals surface area contributed by atoms with Gasteiger partial charge in [0, 0.05) is 18.1 Å². The van der Waals surface area contributed by atoms with Crippen LogP contribution in [0.2, 0.25) is 0 Å². The summed E-state index contributed by atoms with van der Waals surface area (Å²) in [5, 5.41) is 4.78. The molecule has 0 saturated carbocycles. The molecule has 92 valence electrons. The molecule has 0 radical (unpaired) electrons. The van der Waals surface area contributed by atoms with Gasteiger partial charge >= 0.3 is 0 Å². The van der Waals surface area contributed by atoms with Gasteiger partial charge in [-0.15, -0.1) is 5.10 Å². The van der Waals surface area contributed by atoms with Crippen molar-refractivity contribution in [2.75, 3.05) is 39.5 Å². The lowest BCUT2D eigenvalue weighted by atomic mass is 10.3. The largest absolute Gasteiger partial charge is 0.388 e. The van der Waals surface area contributed by atoms with Crippen molar-refractivity contribution < 1.29 is 0 Å². The molecule has 0 saturated heterocycles. The van der Waals surface area contributed by atoms with Crippen LogP contribution in [0.4, 0.5) is 5.00 Å². The van der Waals surface area contributed by atoms with Gasteiger partial charge in [-0.3, -0.25) is 4.90 Å². The Labute approximate surface area is 101 Å². The van der Waals surface area contributed by atoms with E-state index in [2.05, 4.69) is 40.4 Å². The Balaban J connectivity index is 2.35. The summed E-state index contributed by atoms with van der Waals surface area (Å²) in [6, 6.07) is 0. The summed E-state index contributed by atoms with van der Waals surface area (Å²) in [6.45, 7) is 6.18. The van der Waals surface area contributed by atoms with Crippen molar-refractivity contribution in [3.05, 3.63) is 5.69 Å². The second-order valence-corrected chi connectivity index (χ2v) is 4.90. The van der Waals surface area contributed by atoms with E-state index >= 15 is 0 Å². The molecule has 0 aliphatic carbocycles. The highest BCUT2D eigenvalue weighted by atomic mass is 32.1. The van der Waals surface area contributed by atoms with E-state index in [4.69, 9.17) is 5.73 Å². The summed E-state index contributed by atoms with van der Waals surface area (Å²) in [6.07, 6.45) is 1.16. The van der Waals surface area contributed by atoms with Crippen molar-refractivity contribution in [1.82, 2.24) is 19.4 Å². The number of hydrogen-bond acceptors (Lipinski definition) is 6. The number of rotatable bonds is 7. The Morgan fingerprint density at radius 3 is 2.56 bits per heavy atom. The minimum absolute atomic E-state index is 0.742. The monoisotopic (exact) mass is 243 g/mol. The molecule has 1 aromatic heterocycles. The van der Waals surface area contributed by atoms with Gasteiger partial charge in [-0.1, -0.05) is 11.4 Å². The second-order valence-electron chi connectivity index (χ2n) is 4.11. The molecule has 1 aromatic rings. The number of hydrogen-bond donors (Lipinski definition) is 1. The Kier molecular flexibility index (Phi) is 5.65. The number of anilines is 1. The molecule has 6 heteroatoms. The molecule has 0 bridgehead atoms. The van der Waals surface area contributed by atoms with Crippen LogP contribution in [-0.4, -0.2) is 53.1 Å². The van der Waals surface area contributed by atoms with Gasteiger partial charge in [-0.05, 0) is 40.2 Å². The van der Waals surface area contributed by atoms with Gasteiger partial charge < -0.3 is 10.6 Å². The zero-order valence-electron chi connectivity index (χ0n) is 10.3. The lowest BCUT2D eigenvalue weighted by Crippen LogP contribution is -2.27. The predicted octanol–water partition coefficient (Wildman–Crippen LogP) is 0.894. The van der Waals surface area contributed by atoms with Crippen LogP contribution in [0.5, 0.6) is 0 Å². The molecule has 16 heavy (non-hydrogen) atoms. The number of nitrogens with two attached hydrogens (primary N) is 1. The highest BCUT2D eigenvalue weighted by molar-refractivity contribution is 7.09. The average molecular weight is 243 g/mol. The van der Waals surface area contributed by atoms with E-state index in [0.29, 0.717) is 0 Å². The third-order valence-electron chi connectivity index (χ3n) is 2.49. The molecule has 0 atom stereocenters. The Morgan fingerprint density at radius 2 is 2.06 bits per heavy atom. The first-order valence-corrected chi connectivity index (χ1v) is 6.34. The summed E-state index contributed by atoms with van der Waals surface area (Å²) in [4.78, 5) is 4.54. The lowest BCUT2D eigenvalue weighted by Gasteiger charge is -2.20. The molecule has 0 aromatic carbocycles. The smallest absolute Gasteiger partial charge is 0.132 e. The molecule has 5 nitrogen and oxygen atoms in total. The first-order valence-electron chi connectivity index (χ1n) is 5.57. The van der Waals surface area contributed by atoms with Gasteiger partial charge in [0.25, 0.3) is 0 Å². The normalized spacial score (nSPS) is 11.6. The maximum absolute atomic E-state index is 5.78. The SMILES string of the molecule is CCN(CCCN(C)C)Cc1nnsc1N. The number of nitrogen functional groups attached to an aromatic ring is 1. The van der Waals surface area contributed by atoms with Crippen molar-refractivity contribution in [2.24, 2.45) is 0 Å². The van der Waals surface area contributed by atoms with E-state index in [1.54, 1.807) is 0 Å². The molecule has 0 unspecified atom stereocenters. The van der Waals surface area contributed by atoms with Gasteiger partial charge in [-0.2, -0.15) is 0 Å². The molecule has 1 rings (SSSR count). The van der Waals surface area contributed by atoms with Gasteiger partial charge in [-0.25, -0.2) is 0 Å². The maximum Gasteiger partial charge on any atom is 0.132 e. The second kappa shape index (κ2) is 6.78. The third kappa shape index (κ3) is 4.42. The zero-order valence-corrected chi connectivity index (χ0v) is 11.1.